The minimum absolute atomic E-state index is 0.726. The van der Waals surface area contributed by atoms with Crippen molar-refractivity contribution in [2.75, 3.05) is 14.2 Å². The molecular formula is C12H13IN2O2. The molecule has 2 rings (SSSR count). The van der Waals surface area contributed by atoms with E-state index in [1.165, 1.54) is 0 Å². The largest absolute Gasteiger partial charge is 0.493 e. The number of hydrogen-bond acceptors (Lipinski definition) is 3. The lowest BCUT2D eigenvalue weighted by Crippen LogP contribution is -2.00. The molecule has 0 saturated carbocycles. The number of methoxy groups -OCH3 is 2. The van der Waals surface area contributed by atoms with Crippen LogP contribution in [0.1, 0.15) is 5.56 Å². The number of benzene rings is 1. The van der Waals surface area contributed by atoms with E-state index in [1.54, 1.807) is 14.2 Å². The van der Waals surface area contributed by atoms with Crippen molar-refractivity contribution in [3.8, 4) is 11.5 Å². The maximum Gasteiger partial charge on any atom is 0.161 e. The zero-order valence-corrected chi connectivity index (χ0v) is 11.8. The molecule has 1 aromatic heterocycles. The van der Waals surface area contributed by atoms with Gasteiger partial charge in [-0.25, -0.2) is 0 Å². The molecule has 1 heterocycles. The quantitative estimate of drug-likeness (QED) is 0.800. The van der Waals surface area contributed by atoms with Gasteiger partial charge < -0.3 is 9.47 Å². The van der Waals surface area contributed by atoms with Gasteiger partial charge in [-0.2, -0.15) is 5.10 Å². The van der Waals surface area contributed by atoms with Crippen molar-refractivity contribution in [2.24, 2.45) is 0 Å². The standard InChI is InChI=1S/C12H13IN2O2/c1-16-11-4-3-9(5-12(11)17-2)7-15-8-10(13)6-14-15/h3-6,8H,7H2,1-2H3. The zero-order valence-electron chi connectivity index (χ0n) is 9.68. The first-order chi connectivity index (χ1) is 8.22. The summed E-state index contributed by atoms with van der Waals surface area (Å²) in [7, 11) is 3.27. The van der Waals surface area contributed by atoms with Crippen LogP contribution < -0.4 is 9.47 Å². The van der Waals surface area contributed by atoms with Gasteiger partial charge >= 0.3 is 0 Å². The van der Waals surface area contributed by atoms with Crippen LogP contribution in [-0.4, -0.2) is 24.0 Å². The van der Waals surface area contributed by atoms with Crippen LogP contribution in [0.5, 0.6) is 11.5 Å². The third-order valence-electron chi connectivity index (χ3n) is 2.39. The monoisotopic (exact) mass is 344 g/mol. The molecule has 0 bridgehead atoms. The average Bonchev–Trinajstić information content (AvgIpc) is 2.74. The summed E-state index contributed by atoms with van der Waals surface area (Å²) >= 11 is 2.24. The third kappa shape index (κ3) is 2.91. The Kier molecular flexibility index (Phi) is 3.88. The van der Waals surface area contributed by atoms with E-state index in [4.69, 9.17) is 9.47 Å². The number of hydrogen-bond donors (Lipinski definition) is 0. The van der Waals surface area contributed by atoms with Gasteiger partial charge in [0.15, 0.2) is 11.5 Å². The highest BCUT2D eigenvalue weighted by Crippen LogP contribution is 2.27. The SMILES string of the molecule is COc1ccc(Cn2cc(I)cn2)cc1OC. The highest BCUT2D eigenvalue weighted by molar-refractivity contribution is 14.1. The smallest absolute Gasteiger partial charge is 0.161 e. The second-order valence-electron chi connectivity index (χ2n) is 3.55. The van der Waals surface area contributed by atoms with Crippen LogP contribution in [0, 0.1) is 3.57 Å². The summed E-state index contributed by atoms with van der Waals surface area (Å²) in [6.07, 6.45) is 3.83. The molecule has 17 heavy (non-hydrogen) atoms. The van der Waals surface area contributed by atoms with Gasteiger partial charge in [-0.1, -0.05) is 6.07 Å². The molecule has 0 aliphatic carbocycles. The van der Waals surface area contributed by atoms with Crippen molar-refractivity contribution in [3.05, 3.63) is 39.7 Å². The van der Waals surface area contributed by atoms with Crippen molar-refractivity contribution in [1.29, 1.82) is 0 Å². The van der Waals surface area contributed by atoms with Crippen LogP contribution in [0.4, 0.5) is 0 Å². The minimum Gasteiger partial charge on any atom is -0.493 e. The highest BCUT2D eigenvalue weighted by atomic mass is 127. The molecule has 0 aliphatic rings. The Morgan fingerprint density at radius 1 is 1.24 bits per heavy atom. The Labute approximate surface area is 114 Å². The molecular weight excluding hydrogens is 331 g/mol. The summed E-state index contributed by atoms with van der Waals surface area (Å²) in [4.78, 5) is 0. The Balaban J connectivity index is 2.22. The predicted octanol–water partition coefficient (Wildman–Crippen LogP) is 2.55. The van der Waals surface area contributed by atoms with Crippen molar-refractivity contribution in [1.82, 2.24) is 9.78 Å². The van der Waals surface area contributed by atoms with E-state index in [0.29, 0.717) is 0 Å². The summed E-state index contributed by atoms with van der Waals surface area (Å²) in [5.74, 6) is 1.48. The van der Waals surface area contributed by atoms with Gasteiger partial charge in [-0.05, 0) is 40.3 Å². The highest BCUT2D eigenvalue weighted by Gasteiger charge is 2.05. The van der Waals surface area contributed by atoms with Crippen LogP contribution in [-0.2, 0) is 6.54 Å². The topological polar surface area (TPSA) is 36.3 Å². The second kappa shape index (κ2) is 5.39. The van der Waals surface area contributed by atoms with Gasteiger partial charge in [-0.3, -0.25) is 4.68 Å². The van der Waals surface area contributed by atoms with Crippen LogP contribution in [0.2, 0.25) is 0 Å². The van der Waals surface area contributed by atoms with Gasteiger partial charge in [0.25, 0.3) is 0 Å². The van der Waals surface area contributed by atoms with Gasteiger partial charge in [0, 0.05) is 6.20 Å². The van der Waals surface area contributed by atoms with Crippen molar-refractivity contribution in [2.45, 2.75) is 6.54 Å². The van der Waals surface area contributed by atoms with Crippen LogP contribution in [0.3, 0.4) is 0 Å². The van der Waals surface area contributed by atoms with Crippen LogP contribution in [0.25, 0.3) is 0 Å². The summed E-state index contributed by atoms with van der Waals surface area (Å²) in [6.45, 7) is 0.726. The molecule has 5 heteroatoms. The fraction of sp³-hybridized carbons (Fsp3) is 0.250. The average molecular weight is 344 g/mol. The molecule has 0 spiro atoms. The van der Waals surface area contributed by atoms with E-state index < -0.39 is 0 Å². The molecule has 90 valence electrons. The number of halogens is 1. The lowest BCUT2D eigenvalue weighted by Gasteiger charge is -2.09. The molecule has 0 saturated heterocycles. The molecule has 0 N–H and O–H groups in total. The Morgan fingerprint density at radius 3 is 2.59 bits per heavy atom. The summed E-state index contributed by atoms with van der Waals surface area (Å²) in [6, 6.07) is 5.88. The van der Waals surface area contributed by atoms with Gasteiger partial charge in [0.05, 0.1) is 30.5 Å². The third-order valence-corrected chi connectivity index (χ3v) is 2.95. The van der Waals surface area contributed by atoms with Gasteiger partial charge in [0.1, 0.15) is 0 Å². The predicted molar refractivity (Wildman–Crippen MR) is 73.6 cm³/mol. The summed E-state index contributed by atoms with van der Waals surface area (Å²) < 4.78 is 13.5. The van der Waals surface area contributed by atoms with Crippen molar-refractivity contribution >= 4 is 22.6 Å². The first-order valence-electron chi connectivity index (χ1n) is 5.12. The fourth-order valence-corrected chi connectivity index (χ4v) is 2.04. The lowest BCUT2D eigenvalue weighted by molar-refractivity contribution is 0.354. The molecule has 0 atom stereocenters. The number of ether oxygens (including phenoxy) is 2. The number of nitrogens with zero attached hydrogens (tertiary/aromatic N) is 2. The molecule has 0 unspecified atom stereocenters. The van der Waals surface area contributed by atoms with Crippen molar-refractivity contribution in [3.63, 3.8) is 0 Å². The zero-order chi connectivity index (χ0) is 12.3. The number of aromatic nitrogens is 2. The van der Waals surface area contributed by atoms with E-state index in [1.807, 2.05) is 35.3 Å². The van der Waals surface area contributed by atoms with E-state index in [0.717, 1.165) is 27.2 Å². The second-order valence-corrected chi connectivity index (χ2v) is 4.79. The molecule has 0 aliphatic heterocycles. The molecule has 0 radical (unpaired) electrons. The Morgan fingerprint density at radius 2 is 2.00 bits per heavy atom. The van der Waals surface area contributed by atoms with E-state index in [-0.39, 0.29) is 0 Å². The minimum atomic E-state index is 0.726. The Hall–Kier alpha value is -1.24. The van der Waals surface area contributed by atoms with E-state index in [2.05, 4.69) is 27.7 Å². The maximum atomic E-state index is 5.26. The summed E-state index contributed by atoms with van der Waals surface area (Å²) in [5, 5.41) is 4.25. The first kappa shape index (κ1) is 12.2. The molecule has 0 fully saturated rings. The van der Waals surface area contributed by atoms with E-state index in [9.17, 15) is 0 Å². The molecule has 0 amide bonds. The first-order valence-corrected chi connectivity index (χ1v) is 6.19. The fourth-order valence-electron chi connectivity index (χ4n) is 1.59. The maximum absolute atomic E-state index is 5.26. The van der Waals surface area contributed by atoms with E-state index >= 15 is 0 Å². The van der Waals surface area contributed by atoms with Gasteiger partial charge in [0.2, 0.25) is 0 Å². The lowest BCUT2D eigenvalue weighted by atomic mass is 10.2. The number of rotatable bonds is 4. The molecule has 4 nitrogen and oxygen atoms in total. The van der Waals surface area contributed by atoms with Crippen LogP contribution >= 0.6 is 22.6 Å². The Bertz CT molecular complexity index is 511. The summed E-state index contributed by atoms with van der Waals surface area (Å²) in [5.41, 5.74) is 1.13. The van der Waals surface area contributed by atoms with Gasteiger partial charge in [-0.15, -0.1) is 0 Å². The van der Waals surface area contributed by atoms with Crippen molar-refractivity contribution < 1.29 is 9.47 Å². The molecule has 2 aromatic rings. The molecule has 1 aromatic carbocycles. The normalized spacial score (nSPS) is 10.3. The van der Waals surface area contributed by atoms with Crippen LogP contribution in [0.15, 0.2) is 30.6 Å².